The molecule has 2 N–H and O–H groups in total. The summed E-state index contributed by atoms with van der Waals surface area (Å²) in [6.45, 7) is 2.67. The fraction of sp³-hybridized carbons (Fsp3) is 0.389. The average Bonchev–Trinajstić information content (AvgIpc) is 3.05. The van der Waals surface area contributed by atoms with Crippen LogP contribution in [0, 0.1) is 5.82 Å². The second-order valence-electron chi connectivity index (χ2n) is 11.5. The van der Waals surface area contributed by atoms with Crippen molar-refractivity contribution in [3.8, 4) is 5.75 Å². The van der Waals surface area contributed by atoms with Crippen LogP contribution in [0.25, 0.3) is 10.9 Å². The number of phenolic OH excluding ortho intramolecular Hbond substituents is 1. The van der Waals surface area contributed by atoms with Gasteiger partial charge in [-0.3, -0.25) is 9.59 Å². The lowest BCUT2D eigenvalue weighted by Gasteiger charge is -2.36. The Morgan fingerprint density at radius 1 is 0.844 bits per heavy atom. The number of carbonyl (C=O) groups is 1. The Hall–Kier alpha value is -3.88. The van der Waals surface area contributed by atoms with Crippen LogP contribution < -0.4 is 10.5 Å². The van der Waals surface area contributed by atoms with Gasteiger partial charge in [0, 0.05) is 42.8 Å². The summed E-state index contributed by atoms with van der Waals surface area (Å²) in [6, 6.07) is 23.9. The number of rotatable bonds is 14. The zero-order valence-corrected chi connectivity index (χ0v) is 26.4. The minimum absolute atomic E-state index is 0. The van der Waals surface area contributed by atoms with E-state index in [9.17, 15) is 19.1 Å². The minimum Gasteiger partial charge on any atom is -0.506 e. The molecule has 0 spiro atoms. The summed E-state index contributed by atoms with van der Waals surface area (Å²) in [5.41, 5.74) is 2.93. The quantitative estimate of drug-likeness (QED) is 0.152. The van der Waals surface area contributed by atoms with E-state index in [0.717, 1.165) is 42.3 Å². The highest BCUT2D eigenvalue weighted by atomic mass is 35.5. The maximum atomic E-state index is 13.9. The van der Waals surface area contributed by atoms with Gasteiger partial charge >= 0.3 is 0 Å². The molecule has 1 heterocycles. The van der Waals surface area contributed by atoms with E-state index in [1.165, 1.54) is 18.6 Å². The topological polar surface area (TPSA) is 85.9 Å². The first-order valence-corrected chi connectivity index (χ1v) is 15.7. The number of fused-ring (bicyclic) bond motifs is 1. The van der Waals surface area contributed by atoms with Gasteiger partial charge < -0.3 is 24.6 Å². The molecule has 3 aromatic carbocycles. The van der Waals surface area contributed by atoms with Crippen molar-refractivity contribution >= 4 is 34.9 Å². The molecule has 1 aliphatic rings. The van der Waals surface area contributed by atoms with Crippen molar-refractivity contribution in [2.45, 2.75) is 57.4 Å². The van der Waals surface area contributed by atoms with Crippen LogP contribution in [0.3, 0.4) is 0 Å². The monoisotopic (exact) mass is 635 g/mol. The number of phenols is 1. The maximum Gasteiger partial charge on any atom is 0.248 e. The van der Waals surface area contributed by atoms with E-state index in [-0.39, 0.29) is 41.5 Å². The third-order valence-electron chi connectivity index (χ3n) is 8.62. The van der Waals surface area contributed by atoms with E-state index in [0.29, 0.717) is 63.2 Å². The predicted octanol–water partition coefficient (Wildman–Crippen LogP) is 6.65. The third kappa shape index (κ3) is 9.31. The Balaban J connectivity index is 0.00000461. The second kappa shape index (κ2) is 17.0. The van der Waals surface area contributed by atoms with Crippen LogP contribution in [0.5, 0.6) is 5.75 Å². The lowest BCUT2D eigenvalue weighted by atomic mass is 9.94. The molecular formula is C36H43ClFN3O4. The van der Waals surface area contributed by atoms with Gasteiger partial charge in [-0.15, -0.1) is 12.4 Å². The number of anilines is 1. The molecule has 0 atom stereocenters. The van der Waals surface area contributed by atoms with E-state index in [1.807, 2.05) is 30.3 Å². The molecule has 1 amide bonds. The highest BCUT2D eigenvalue weighted by Crippen LogP contribution is 2.27. The number of benzene rings is 3. The van der Waals surface area contributed by atoms with Gasteiger partial charge in [0.1, 0.15) is 11.6 Å². The summed E-state index contributed by atoms with van der Waals surface area (Å²) < 4.78 is 19.7. The number of aromatic amines is 1. The Morgan fingerprint density at radius 2 is 1.60 bits per heavy atom. The first-order chi connectivity index (χ1) is 21.5. The SMILES string of the molecule is Cl.O=C(CCOCCc1ccccc1F)N(CCN(CCc1ccc(O)c2[nH]c(=O)ccc12)c1ccccc1)C1CCCCC1. The molecule has 1 aliphatic carbocycles. The summed E-state index contributed by atoms with van der Waals surface area (Å²) in [7, 11) is 0. The molecule has 5 rings (SSSR count). The molecule has 240 valence electrons. The zero-order chi connectivity index (χ0) is 30.7. The van der Waals surface area contributed by atoms with Gasteiger partial charge in [0.05, 0.1) is 25.2 Å². The number of hydrogen-bond acceptors (Lipinski definition) is 5. The van der Waals surface area contributed by atoms with Crippen molar-refractivity contribution in [2.24, 2.45) is 0 Å². The molecule has 0 bridgehead atoms. The molecule has 1 saturated carbocycles. The van der Waals surface area contributed by atoms with Gasteiger partial charge in [-0.05, 0) is 67.1 Å². The zero-order valence-electron chi connectivity index (χ0n) is 25.6. The molecular weight excluding hydrogens is 593 g/mol. The fourth-order valence-electron chi connectivity index (χ4n) is 6.20. The summed E-state index contributed by atoms with van der Waals surface area (Å²) in [4.78, 5) is 32.6. The molecule has 45 heavy (non-hydrogen) atoms. The molecule has 7 nitrogen and oxygen atoms in total. The van der Waals surface area contributed by atoms with E-state index < -0.39 is 0 Å². The molecule has 1 fully saturated rings. The number of aromatic nitrogens is 1. The molecule has 0 aliphatic heterocycles. The van der Waals surface area contributed by atoms with Crippen LogP contribution in [0.2, 0.25) is 0 Å². The normalized spacial score (nSPS) is 13.4. The van der Waals surface area contributed by atoms with Crippen LogP contribution >= 0.6 is 12.4 Å². The maximum absolute atomic E-state index is 13.9. The smallest absolute Gasteiger partial charge is 0.248 e. The summed E-state index contributed by atoms with van der Waals surface area (Å²) in [5, 5.41) is 11.1. The largest absolute Gasteiger partial charge is 0.506 e. The van der Waals surface area contributed by atoms with Crippen molar-refractivity contribution in [2.75, 3.05) is 37.7 Å². The Kier molecular flexibility index (Phi) is 12.8. The number of pyridine rings is 1. The number of para-hydroxylation sites is 1. The lowest BCUT2D eigenvalue weighted by Crippen LogP contribution is -2.46. The number of ether oxygens (including phenoxy) is 1. The fourth-order valence-corrected chi connectivity index (χ4v) is 6.20. The average molecular weight is 636 g/mol. The number of nitrogens with zero attached hydrogens (tertiary/aromatic N) is 2. The van der Waals surface area contributed by atoms with Crippen LogP contribution in [-0.4, -0.2) is 59.8 Å². The van der Waals surface area contributed by atoms with Gasteiger partial charge in [0.2, 0.25) is 11.5 Å². The van der Waals surface area contributed by atoms with Crippen molar-refractivity contribution < 1.29 is 19.0 Å². The summed E-state index contributed by atoms with van der Waals surface area (Å²) in [5.74, 6) is -0.0735. The standard InChI is InChI=1S/C36H42FN3O4.ClH/c37-32-14-8-7-9-28(32)20-25-44-26-21-35(43)40(30-12-5-2-6-13-30)24-23-39(29-10-3-1-4-11-29)22-19-27-15-17-33(41)36-31(27)16-18-34(42)38-36;/h1,3-4,7-11,14-18,30,41H,2,5-6,12-13,19-26H2,(H,38,42);1H. The van der Waals surface area contributed by atoms with Gasteiger partial charge in [0.15, 0.2) is 0 Å². The number of carbonyl (C=O) groups excluding carboxylic acids is 1. The molecule has 0 radical (unpaired) electrons. The van der Waals surface area contributed by atoms with E-state index in [2.05, 4.69) is 26.9 Å². The van der Waals surface area contributed by atoms with E-state index >= 15 is 0 Å². The third-order valence-corrected chi connectivity index (χ3v) is 8.62. The van der Waals surface area contributed by atoms with Crippen molar-refractivity contribution in [1.29, 1.82) is 0 Å². The number of H-pyrrole nitrogens is 1. The van der Waals surface area contributed by atoms with Crippen LogP contribution in [-0.2, 0) is 22.4 Å². The Labute approximate surface area is 270 Å². The molecule has 4 aromatic rings. The Bertz CT molecular complexity index is 1580. The van der Waals surface area contributed by atoms with Crippen LogP contribution in [0.15, 0.2) is 83.7 Å². The van der Waals surface area contributed by atoms with Crippen LogP contribution in [0.4, 0.5) is 10.1 Å². The van der Waals surface area contributed by atoms with E-state index in [4.69, 9.17) is 4.74 Å². The minimum atomic E-state index is -0.251. The predicted molar refractivity (Wildman–Crippen MR) is 180 cm³/mol. The lowest BCUT2D eigenvalue weighted by molar-refractivity contribution is -0.135. The number of hydrogen-bond donors (Lipinski definition) is 2. The number of halogens is 2. The second-order valence-corrected chi connectivity index (χ2v) is 11.5. The number of nitrogens with one attached hydrogen (secondary N) is 1. The van der Waals surface area contributed by atoms with Crippen molar-refractivity contribution in [3.63, 3.8) is 0 Å². The summed E-state index contributed by atoms with van der Waals surface area (Å²) in [6.07, 6.45) is 6.98. The van der Waals surface area contributed by atoms with Gasteiger partial charge in [-0.1, -0.05) is 61.7 Å². The van der Waals surface area contributed by atoms with Gasteiger partial charge in [0.25, 0.3) is 0 Å². The van der Waals surface area contributed by atoms with Crippen LogP contribution in [0.1, 0.15) is 49.7 Å². The molecule has 9 heteroatoms. The first kappa shape index (κ1) is 34.0. The summed E-state index contributed by atoms with van der Waals surface area (Å²) >= 11 is 0. The van der Waals surface area contributed by atoms with Crippen molar-refractivity contribution in [3.05, 3.63) is 106 Å². The van der Waals surface area contributed by atoms with E-state index in [1.54, 1.807) is 24.3 Å². The van der Waals surface area contributed by atoms with Gasteiger partial charge in [-0.2, -0.15) is 0 Å². The molecule has 1 aromatic heterocycles. The molecule has 0 saturated heterocycles. The molecule has 0 unspecified atom stereocenters. The number of aromatic hydroxyl groups is 1. The first-order valence-electron chi connectivity index (χ1n) is 15.7. The number of amides is 1. The highest BCUT2D eigenvalue weighted by molar-refractivity contribution is 5.87. The Morgan fingerprint density at radius 3 is 2.38 bits per heavy atom. The van der Waals surface area contributed by atoms with Gasteiger partial charge in [-0.25, -0.2) is 4.39 Å². The highest BCUT2D eigenvalue weighted by Gasteiger charge is 2.26. The van der Waals surface area contributed by atoms with Crippen molar-refractivity contribution in [1.82, 2.24) is 9.88 Å².